The SMILES string of the molecule is Cc1ccc(NC(=S)N[C@H]2CCN(Cc3ccccc3)C2)cc1C. The highest BCUT2D eigenvalue weighted by molar-refractivity contribution is 7.80. The molecule has 1 aliphatic heterocycles. The zero-order valence-electron chi connectivity index (χ0n) is 14.4. The lowest BCUT2D eigenvalue weighted by Crippen LogP contribution is -2.39. The number of thiocarbonyl (C=S) groups is 1. The highest BCUT2D eigenvalue weighted by Crippen LogP contribution is 2.16. The van der Waals surface area contributed by atoms with Crippen molar-refractivity contribution in [1.82, 2.24) is 10.2 Å². The lowest BCUT2D eigenvalue weighted by Gasteiger charge is -2.18. The van der Waals surface area contributed by atoms with E-state index in [1.165, 1.54) is 16.7 Å². The van der Waals surface area contributed by atoms with Crippen LogP contribution in [-0.2, 0) is 6.54 Å². The average Bonchev–Trinajstić information content (AvgIpc) is 2.99. The maximum Gasteiger partial charge on any atom is 0.171 e. The largest absolute Gasteiger partial charge is 0.358 e. The minimum absolute atomic E-state index is 0.417. The third-order valence-corrected chi connectivity index (χ3v) is 4.84. The molecular formula is C20H25N3S. The van der Waals surface area contributed by atoms with E-state index in [1.54, 1.807) is 0 Å². The van der Waals surface area contributed by atoms with Gasteiger partial charge in [-0.3, -0.25) is 4.90 Å². The lowest BCUT2D eigenvalue weighted by molar-refractivity contribution is 0.324. The predicted molar refractivity (Wildman–Crippen MR) is 105 cm³/mol. The summed E-state index contributed by atoms with van der Waals surface area (Å²) >= 11 is 5.48. The minimum atomic E-state index is 0.417. The fourth-order valence-corrected chi connectivity index (χ4v) is 3.39. The Balaban J connectivity index is 1.48. The van der Waals surface area contributed by atoms with Gasteiger partial charge in [0.25, 0.3) is 0 Å². The third kappa shape index (κ3) is 4.56. The van der Waals surface area contributed by atoms with Gasteiger partial charge >= 0.3 is 0 Å². The van der Waals surface area contributed by atoms with Gasteiger partial charge < -0.3 is 10.6 Å². The van der Waals surface area contributed by atoms with Crippen molar-refractivity contribution in [2.75, 3.05) is 18.4 Å². The molecule has 0 spiro atoms. The Labute approximate surface area is 150 Å². The van der Waals surface area contributed by atoms with Crippen LogP contribution in [0.4, 0.5) is 5.69 Å². The Morgan fingerprint density at radius 2 is 1.92 bits per heavy atom. The van der Waals surface area contributed by atoms with Gasteiger partial charge in [0, 0.05) is 31.4 Å². The van der Waals surface area contributed by atoms with Crippen molar-refractivity contribution >= 4 is 23.0 Å². The topological polar surface area (TPSA) is 27.3 Å². The van der Waals surface area contributed by atoms with Crippen LogP contribution in [-0.4, -0.2) is 29.1 Å². The summed E-state index contributed by atoms with van der Waals surface area (Å²) in [7, 11) is 0. The number of nitrogens with one attached hydrogen (secondary N) is 2. The van der Waals surface area contributed by atoms with Crippen molar-refractivity contribution in [3.63, 3.8) is 0 Å². The van der Waals surface area contributed by atoms with Gasteiger partial charge in [-0.2, -0.15) is 0 Å². The molecule has 0 bridgehead atoms. The highest BCUT2D eigenvalue weighted by Gasteiger charge is 2.22. The van der Waals surface area contributed by atoms with Crippen molar-refractivity contribution in [3.05, 3.63) is 65.2 Å². The molecule has 2 aromatic carbocycles. The molecule has 1 heterocycles. The van der Waals surface area contributed by atoms with Gasteiger partial charge in [0.1, 0.15) is 0 Å². The molecule has 0 unspecified atom stereocenters. The molecule has 3 rings (SSSR count). The standard InChI is InChI=1S/C20H25N3S/c1-15-8-9-18(12-16(15)2)21-20(24)22-19-10-11-23(14-19)13-17-6-4-3-5-7-17/h3-9,12,19H,10-11,13-14H2,1-2H3,(H2,21,22,24)/t19-/m0/s1. The van der Waals surface area contributed by atoms with Crippen molar-refractivity contribution in [2.45, 2.75) is 32.9 Å². The molecular weight excluding hydrogens is 314 g/mol. The number of benzene rings is 2. The Hall–Kier alpha value is -1.91. The van der Waals surface area contributed by atoms with Crippen LogP contribution in [0.2, 0.25) is 0 Å². The summed E-state index contributed by atoms with van der Waals surface area (Å²) in [5, 5.41) is 7.47. The molecule has 0 aliphatic carbocycles. The van der Waals surface area contributed by atoms with E-state index < -0.39 is 0 Å². The lowest BCUT2D eigenvalue weighted by atomic mass is 10.1. The summed E-state index contributed by atoms with van der Waals surface area (Å²) in [4.78, 5) is 2.48. The second-order valence-electron chi connectivity index (χ2n) is 6.60. The zero-order chi connectivity index (χ0) is 16.9. The van der Waals surface area contributed by atoms with E-state index in [1.807, 2.05) is 0 Å². The van der Waals surface area contributed by atoms with Crippen molar-refractivity contribution in [2.24, 2.45) is 0 Å². The summed E-state index contributed by atoms with van der Waals surface area (Å²) in [6, 6.07) is 17.4. The van der Waals surface area contributed by atoms with Gasteiger partial charge in [-0.25, -0.2) is 0 Å². The van der Waals surface area contributed by atoms with Crippen LogP contribution in [0.3, 0.4) is 0 Å². The molecule has 126 valence electrons. The van der Waals surface area contributed by atoms with Gasteiger partial charge in [-0.05, 0) is 61.3 Å². The first-order valence-corrected chi connectivity index (χ1v) is 8.92. The van der Waals surface area contributed by atoms with E-state index in [-0.39, 0.29) is 0 Å². The second kappa shape index (κ2) is 7.77. The molecule has 24 heavy (non-hydrogen) atoms. The van der Waals surface area contributed by atoms with Crippen molar-refractivity contribution in [1.29, 1.82) is 0 Å². The Morgan fingerprint density at radius 3 is 2.67 bits per heavy atom. The number of hydrogen-bond acceptors (Lipinski definition) is 2. The van der Waals surface area contributed by atoms with Gasteiger partial charge in [-0.1, -0.05) is 36.4 Å². The fraction of sp³-hybridized carbons (Fsp3) is 0.350. The van der Waals surface area contributed by atoms with E-state index in [2.05, 4.69) is 77.9 Å². The predicted octanol–water partition coefficient (Wildman–Crippen LogP) is 3.86. The molecule has 4 heteroatoms. The summed E-state index contributed by atoms with van der Waals surface area (Å²) in [5.74, 6) is 0. The summed E-state index contributed by atoms with van der Waals surface area (Å²) in [6.45, 7) is 7.39. The number of likely N-dealkylation sites (tertiary alicyclic amines) is 1. The van der Waals surface area contributed by atoms with E-state index >= 15 is 0 Å². The maximum absolute atomic E-state index is 5.48. The molecule has 1 atom stereocenters. The maximum atomic E-state index is 5.48. The molecule has 1 aliphatic rings. The molecule has 0 aromatic heterocycles. The number of nitrogens with zero attached hydrogens (tertiary/aromatic N) is 1. The van der Waals surface area contributed by atoms with Crippen molar-refractivity contribution < 1.29 is 0 Å². The summed E-state index contributed by atoms with van der Waals surface area (Å²) in [6.07, 6.45) is 1.13. The molecule has 0 amide bonds. The molecule has 1 fully saturated rings. The van der Waals surface area contributed by atoms with E-state index in [9.17, 15) is 0 Å². The van der Waals surface area contributed by atoms with Crippen LogP contribution in [0.15, 0.2) is 48.5 Å². The smallest absolute Gasteiger partial charge is 0.171 e. The monoisotopic (exact) mass is 339 g/mol. The Morgan fingerprint density at radius 1 is 1.12 bits per heavy atom. The fourth-order valence-electron chi connectivity index (χ4n) is 3.11. The molecule has 0 radical (unpaired) electrons. The first-order chi connectivity index (χ1) is 11.6. The first kappa shape index (κ1) is 16.9. The zero-order valence-corrected chi connectivity index (χ0v) is 15.2. The van der Waals surface area contributed by atoms with Crippen molar-refractivity contribution in [3.8, 4) is 0 Å². The summed E-state index contributed by atoms with van der Waals surface area (Å²) < 4.78 is 0. The van der Waals surface area contributed by atoms with Gasteiger partial charge in [0.05, 0.1) is 0 Å². The van der Waals surface area contributed by atoms with Gasteiger partial charge in [0.15, 0.2) is 5.11 Å². The summed E-state index contributed by atoms with van der Waals surface area (Å²) in [5.41, 5.74) is 4.99. The van der Waals surface area contributed by atoms with Gasteiger partial charge in [0.2, 0.25) is 0 Å². The molecule has 3 nitrogen and oxygen atoms in total. The Bertz CT molecular complexity index is 699. The van der Waals surface area contributed by atoms with Crippen LogP contribution in [0.25, 0.3) is 0 Å². The highest BCUT2D eigenvalue weighted by atomic mass is 32.1. The number of anilines is 1. The number of aryl methyl sites for hydroxylation is 2. The van der Waals surface area contributed by atoms with Crippen LogP contribution in [0.5, 0.6) is 0 Å². The molecule has 1 saturated heterocycles. The third-order valence-electron chi connectivity index (χ3n) is 4.62. The minimum Gasteiger partial charge on any atom is -0.358 e. The van der Waals surface area contributed by atoms with E-state index in [0.29, 0.717) is 11.2 Å². The number of hydrogen-bond donors (Lipinski definition) is 2. The average molecular weight is 340 g/mol. The van der Waals surface area contributed by atoms with Crippen LogP contribution in [0.1, 0.15) is 23.1 Å². The normalized spacial score (nSPS) is 17.7. The second-order valence-corrected chi connectivity index (χ2v) is 7.01. The van der Waals surface area contributed by atoms with E-state index in [4.69, 9.17) is 12.2 Å². The molecule has 2 aromatic rings. The van der Waals surface area contributed by atoms with E-state index in [0.717, 1.165) is 31.7 Å². The molecule has 2 N–H and O–H groups in total. The Kier molecular flexibility index (Phi) is 5.48. The van der Waals surface area contributed by atoms with Crippen LogP contribution >= 0.6 is 12.2 Å². The van der Waals surface area contributed by atoms with Crippen LogP contribution < -0.4 is 10.6 Å². The molecule has 0 saturated carbocycles. The van der Waals surface area contributed by atoms with Crippen LogP contribution in [0, 0.1) is 13.8 Å². The quantitative estimate of drug-likeness (QED) is 0.827. The van der Waals surface area contributed by atoms with Gasteiger partial charge in [-0.15, -0.1) is 0 Å². The number of rotatable bonds is 4. The first-order valence-electron chi connectivity index (χ1n) is 8.51.